The summed E-state index contributed by atoms with van der Waals surface area (Å²) in [7, 11) is 0. The van der Waals surface area contributed by atoms with Gasteiger partial charge in [-0.2, -0.15) is 9.61 Å². The molecule has 0 fully saturated rings. The largest absolute Gasteiger partial charge is 0.326 e. The van der Waals surface area contributed by atoms with Crippen molar-refractivity contribution in [2.75, 3.05) is 5.32 Å². The van der Waals surface area contributed by atoms with Crippen LogP contribution >= 0.6 is 0 Å². The Morgan fingerprint density at radius 1 is 0.906 bits per heavy atom. The zero-order valence-electron chi connectivity index (χ0n) is 17.4. The molecule has 1 N–H and O–H groups in total. The van der Waals surface area contributed by atoms with Gasteiger partial charge in [0, 0.05) is 29.2 Å². The molecule has 5 rings (SSSR count). The zero-order valence-corrected chi connectivity index (χ0v) is 17.4. The summed E-state index contributed by atoms with van der Waals surface area (Å²) in [5.41, 5.74) is 6.15. The van der Waals surface area contributed by atoms with Crippen LogP contribution in [0.4, 0.5) is 5.69 Å². The summed E-state index contributed by atoms with van der Waals surface area (Å²) in [6.45, 7) is 2.02. The van der Waals surface area contributed by atoms with E-state index in [-0.39, 0.29) is 5.91 Å². The standard InChI is InChI=1S/C25H20N6O/c1-17-3-2-4-18(15-17)16-24(32)27-21-7-5-19(6-8-21)22-9-10-23-28-29-25(31(23)30-22)20-11-13-26-14-12-20/h2-15H,16H2,1H3,(H,27,32). The minimum Gasteiger partial charge on any atom is -0.326 e. The van der Waals surface area contributed by atoms with Crippen molar-refractivity contribution in [1.29, 1.82) is 0 Å². The molecule has 3 aromatic heterocycles. The number of aryl methyl sites for hydroxylation is 1. The maximum absolute atomic E-state index is 12.4. The van der Waals surface area contributed by atoms with Crippen molar-refractivity contribution in [3.05, 3.63) is 96.3 Å². The average molecular weight is 420 g/mol. The van der Waals surface area contributed by atoms with Crippen LogP contribution < -0.4 is 5.32 Å². The first-order chi connectivity index (χ1) is 15.7. The predicted molar refractivity (Wildman–Crippen MR) is 123 cm³/mol. The van der Waals surface area contributed by atoms with Crippen LogP contribution in [0.5, 0.6) is 0 Å². The smallest absolute Gasteiger partial charge is 0.228 e. The fourth-order valence-electron chi connectivity index (χ4n) is 3.56. The van der Waals surface area contributed by atoms with E-state index in [2.05, 4.69) is 20.5 Å². The number of carbonyl (C=O) groups excluding carboxylic acids is 1. The summed E-state index contributed by atoms with van der Waals surface area (Å²) in [4.78, 5) is 16.4. The first kappa shape index (κ1) is 19.6. The minimum absolute atomic E-state index is 0.0469. The van der Waals surface area contributed by atoms with Crippen molar-refractivity contribution in [3.8, 4) is 22.6 Å². The van der Waals surface area contributed by atoms with E-state index < -0.39 is 0 Å². The normalized spacial score (nSPS) is 10.9. The number of hydrogen-bond acceptors (Lipinski definition) is 5. The summed E-state index contributed by atoms with van der Waals surface area (Å²) >= 11 is 0. The lowest BCUT2D eigenvalue weighted by Gasteiger charge is -2.08. The molecular formula is C25H20N6O. The molecule has 3 heterocycles. The number of anilines is 1. The summed E-state index contributed by atoms with van der Waals surface area (Å²) in [6, 6.07) is 23.1. The highest BCUT2D eigenvalue weighted by Gasteiger charge is 2.11. The Morgan fingerprint density at radius 3 is 2.50 bits per heavy atom. The van der Waals surface area contributed by atoms with Crippen LogP contribution in [0, 0.1) is 6.92 Å². The summed E-state index contributed by atoms with van der Waals surface area (Å²) in [6.07, 6.45) is 3.77. The Kier molecular flexibility index (Phi) is 5.13. The highest BCUT2D eigenvalue weighted by Crippen LogP contribution is 2.22. The molecule has 156 valence electrons. The van der Waals surface area contributed by atoms with E-state index in [9.17, 15) is 4.79 Å². The van der Waals surface area contributed by atoms with Gasteiger partial charge in [-0.25, -0.2) is 0 Å². The van der Waals surface area contributed by atoms with Gasteiger partial charge in [-0.15, -0.1) is 10.2 Å². The van der Waals surface area contributed by atoms with E-state index in [0.717, 1.165) is 33.6 Å². The van der Waals surface area contributed by atoms with Gasteiger partial charge < -0.3 is 5.32 Å². The van der Waals surface area contributed by atoms with E-state index in [1.807, 2.05) is 79.7 Å². The van der Waals surface area contributed by atoms with Gasteiger partial charge in [0.2, 0.25) is 5.91 Å². The van der Waals surface area contributed by atoms with Gasteiger partial charge in [0.25, 0.3) is 0 Å². The van der Waals surface area contributed by atoms with Crippen molar-refractivity contribution in [2.45, 2.75) is 13.3 Å². The van der Waals surface area contributed by atoms with E-state index >= 15 is 0 Å². The van der Waals surface area contributed by atoms with E-state index in [0.29, 0.717) is 17.9 Å². The number of pyridine rings is 1. The van der Waals surface area contributed by atoms with Gasteiger partial charge >= 0.3 is 0 Å². The van der Waals surface area contributed by atoms with Gasteiger partial charge in [0.15, 0.2) is 11.5 Å². The molecule has 7 nitrogen and oxygen atoms in total. The van der Waals surface area contributed by atoms with Gasteiger partial charge in [-0.05, 0) is 48.9 Å². The molecule has 0 unspecified atom stereocenters. The molecule has 0 aliphatic rings. The number of hydrogen-bond donors (Lipinski definition) is 1. The molecule has 0 saturated heterocycles. The van der Waals surface area contributed by atoms with E-state index in [4.69, 9.17) is 5.10 Å². The maximum Gasteiger partial charge on any atom is 0.228 e. The number of nitrogens with zero attached hydrogens (tertiary/aromatic N) is 5. The van der Waals surface area contributed by atoms with Gasteiger partial charge in [0.05, 0.1) is 12.1 Å². The molecule has 0 aliphatic heterocycles. The van der Waals surface area contributed by atoms with E-state index in [1.165, 1.54) is 0 Å². The molecule has 0 saturated carbocycles. The number of fused-ring (bicyclic) bond motifs is 1. The molecule has 0 aliphatic carbocycles. The number of benzene rings is 2. The fraction of sp³-hybridized carbons (Fsp3) is 0.0800. The second kappa shape index (κ2) is 8.39. The quantitative estimate of drug-likeness (QED) is 0.457. The molecule has 1 amide bonds. The molecule has 0 radical (unpaired) electrons. The third-order valence-electron chi connectivity index (χ3n) is 5.11. The SMILES string of the molecule is Cc1cccc(CC(=O)Nc2ccc(-c3ccc4nnc(-c5ccncc5)n4n3)cc2)c1. The van der Waals surface area contributed by atoms with Crippen LogP contribution in [-0.2, 0) is 11.2 Å². The fourth-order valence-corrected chi connectivity index (χ4v) is 3.56. The van der Waals surface area contributed by atoms with Crippen molar-refractivity contribution >= 4 is 17.2 Å². The molecule has 0 bridgehead atoms. The highest BCUT2D eigenvalue weighted by atomic mass is 16.1. The Morgan fingerprint density at radius 2 is 1.72 bits per heavy atom. The summed E-state index contributed by atoms with van der Waals surface area (Å²) in [5.74, 6) is 0.610. The molecule has 0 atom stereocenters. The van der Waals surface area contributed by atoms with Gasteiger partial charge in [-0.1, -0.05) is 42.0 Å². The predicted octanol–water partition coefficient (Wildman–Crippen LogP) is 4.34. The Labute approximate surface area is 184 Å². The number of rotatable bonds is 5. The first-order valence-electron chi connectivity index (χ1n) is 10.2. The second-order valence-electron chi connectivity index (χ2n) is 7.54. The highest BCUT2D eigenvalue weighted by molar-refractivity contribution is 5.92. The van der Waals surface area contributed by atoms with Crippen molar-refractivity contribution in [1.82, 2.24) is 24.8 Å². The Bertz CT molecular complexity index is 1390. The lowest BCUT2D eigenvalue weighted by Crippen LogP contribution is -2.14. The minimum atomic E-state index is -0.0469. The molecule has 0 spiro atoms. The van der Waals surface area contributed by atoms with Crippen LogP contribution in [0.15, 0.2) is 85.2 Å². The van der Waals surface area contributed by atoms with E-state index in [1.54, 1.807) is 16.9 Å². The Hall–Kier alpha value is -4.39. The molecule has 32 heavy (non-hydrogen) atoms. The third-order valence-corrected chi connectivity index (χ3v) is 5.11. The van der Waals surface area contributed by atoms with Crippen molar-refractivity contribution < 1.29 is 4.79 Å². The monoisotopic (exact) mass is 420 g/mol. The van der Waals surface area contributed by atoms with Crippen molar-refractivity contribution in [3.63, 3.8) is 0 Å². The van der Waals surface area contributed by atoms with Crippen LogP contribution in [-0.4, -0.2) is 30.7 Å². The Balaban J connectivity index is 1.35. The molecular weight excluding hydrogens is 400 g/mol. The summed E-state index contributed by atoms with van der Waals surface area (Å²) < 4.78 is 1.72. The van der Waals surface area contributed by atoms with Crippen LogP contribution in [0.1, 0.15) is 11.1 Å². The van der Waals surface area contributed by atoms with Gasteiger partial charge in [-0.3, -0.25) is 9.78 Å². The number of aromatic nitrogens is 5. The number of carbonyl (C=O) groups is 1. The zero-order chi connectivity index (χ0) is 21.9. The lowest BCUT2D eigenvalue weighted by atomic mass is 10.1. The number of amides is 1. The van der Waals surface area contributed by atoms with Gasteiger partial charge in [0.1, 0.15) is 0 Å². The number of nitrogens with one attached hydrogen (secondary N) is 1. The van der Waals surface area contributed by atoms with Crippen LogP contribution in [0.2, 0.25) is 0 Å². The molecule has 5 aromatic rings. The van der Waals surface area contributed by atoms with Crippen LogP contribution in [0.3, 0.4) is 0 Å². The van der Waals surface area contributed by atoms with Crippen molar-refractivity contribution in [2.24, 2.45) is 0 Å². The maximum atomic E-state index is 12.4. The second-order valence-corrected chi connectivity index (χ2v) is 7.54. The first-order valence-corrected chi connectivity index (χ1v) is 10.2. The summed E-state index contributed by atoms with van der Waals surface area (Å²) in [5, 5.41) is 16.1. The average Bonchev–Trinajstić information content (AvgIpc) is 3.23. The molecule has 2 aromatic carbocycles. The topological polar surface area (TPSA) is 85.1 Å². The lowest BCUT2D eigenvalue weighted by molar-refractivity contribution is -0.115. The van der Waals surface area contributed by atoms with Crippen LogP contribution in [0.25, 0.3) is 28.3 Å². The molecule has 7 heteroatoms. The third kappa shape index (κ3) is 4.09.